The van der Waals surface area contributed by atoms with E-state index < -0.39 is 0 Å². The third kappa shape index (κ3) is 9.19. The van der Waals surface area contributed by atoms with Crippen LogP contribution in [0.4, 0.5) is 0 Å². The molecule has 1 aliphatic carbocycles. The maximum absolute atomic E-state index is 12.5. The second-order valence-electron chi connectivity index (χ2n) is 6.82. The highest BCUT2D eigenvalue weighted by atomic mass is 16.2. The summed E-state index contributed by atoms with van der Waals surface area (Å²) in [5.41, 5.74) is 0. The number of nitrogens with one attached hydrogen (secondary N) is 1. The third-order valence-electron chi connectivity index (χ3n) is 4.85. The van der Waals surface area contributed by atoms with Crippen LogP contribution in [0.5, 0.6) is 0 Å². The Morgan fingerprint density at radius 1 is 1.18 bits per heavy atom. The van der Waals surface area contributed by atoms with Crippen molar-refractivity contribution in [3.8, 4) is 12.1 Å². The standard InChI is InChI=1S/C17H28N4O2.C2H3N.C2H6/c1-2-8-21(11-7-18)17(23)14-5-6-15(12-14)19-13-16(22)20-9-3-4-10-20;1-2-3;1-2/h14-15,19H,2-6,8-13H2,1H3;1H3;1-2H3. The smallest absolute Gasteiger partial charge is 0.236 e. The molecule has 0 aromatic rings. The minimum atomic E-state index is -0.00529. The second-order valence-corrected chi connectivity index (χ2v) is 6.82. The maximum Gasteiger partial charge on any atom is 0.236 e. The maximum atomic E-state index is 12.5. The second kappa shape index (κ2) is 15.9. The van der Waals surface area contributed by atoms with Gasteiger partial charge >= 0.3 is 0 Å². The summed E-state index contributed by atoms with van der Waals surface area (Å²) < 4.78 is 0. The summed E-state index contributed by atoms with van der Waals surface area (Å²) in [5.74, 6) is 0.271. The van der Waals surface area contributed by atoms with Crippen molar-refractivity contribution >= 4 is 11.8 Å². The van der Waals surface area contributed by atoms with Gasteiger partial charge in [0.05, 0.1) is 18.7 Å². The Labute approximate surface area is 170 Å². The molecule has 0 aromatic carbocycles. The molecule has 2 aliphatic rings. The van der Waals surface area contributed by atoms with Crippen LogP contribution < -0.4 is 5.32 Å². The van der Waals surface area contributed by atoms with Gasteiger partial charge in [-0.3, -0.25) is 9.59 Å². The quantitative estimate of drug-likeness (QED) is 0.673. The van der Waals surface area contributed by atoms with Gasteiger partial charge in [0.2, 0.25) is 11.8 Å². The summed E-state index contributed by atoms with van der Waals surface area (Å²) in [4.78, 5) is 28.1. The number of carbonyl (C=O) groups is 2. The summed E-state index contributed by atoms with van der Waals surface area (Å²) in [6.07, 6.45) is 5.63. The van der Waals surface area contributed by atoms with Gasteiger partial charge in [0.1, 0.15) is 6.54 Å². The van der Waals surface area contributed by atoms with Gasteiger partial charge in [-0.15, -0.1) is 0 Å². The molecule has 1 saturated heterocycles. The minimum Gasteiger partial charge on any atom is -0.342 e. The molecule has 7 nitrogen and oxygen atoms in total. The number of rotatable bonds is 7. The van der Waals surface area contributed by atoms with E-state index in [1.54, 1.807) is 11.0 Å². The van der Waals surface area contributed by atoms with E-state index in [-0.39, 0.29) is 30.3 Å². The zero-order valence-electron chi connectivity index (χ0n) is 18.0. The van der Waals surface area contributed by atoms with Crippen LogP contribution in [-0.2, 0) is 9.59 Å². The highest BCUT2D eigenvalue weighted by molar-refractivity contribution is 5.80. The number of hydrogen-bond acceptors (Lipinski definition) is 5. The predicted octanol–water partition coefficient (Wildman–Crippen LogP) is 2.69. The van der Waals surface area contributed by atoms with Gasteiger partial charge in [-0.1, -0.05) is 20.8 Å². The lowest BCUT2D eigenvalue weighted by molar-refractivity contribution is -0.134. The van der Waals surface area contributed by atoms with Crippen LogP contribution in [0.15, 0.2) is 0 Å². The lowest BCUT2D eigenvalue weighted by atomic mass is 10.1. The molecule has 2 atom stereocenters. The van der Waals surface area contributed by atoms with Crippen LogP contribution in [0.25, 0.3) is 0 Å². The first-order chi connectivity index (χ1) is 13.6. The van der Waals surface area contributed by atoms with Crippen molar-refractivity contribution in [2.45, 2.75) is 72.3 Å². The number of hydrogen-bond donors (Lipinski definition) is 1. The zero-order chi connectivity index (χ0) is 21.4. The van der Waals surface area contributed by atoms with Gasteiger partial charge in [0.25, 0.3) is 0 Å². The predicted molar refractivity (Wildman–Crippen MR) is 110 cm³/mol. The summed E-state index contributed by atoms with van der Waals surface area (Å²) in [6.45, 7) is 10.4. The lowest BCUT2D eigenvalue weighted by Gasteiger charge is -2.23. The molecule has 0 bridgehead atoms. The van der Waals surface area contributed by atoms with Gasteiger partial charge in [-0.05, 0) is 38.5 Å². The van der Waals surface area contributed by atoms with Crippen molar-refractivity contribution in [2.24, 2.45) is 5.92 Å². The Morgan fingerprint density at radius 3 is 2.32 bits per heavy atom. The molecule has 158 valence electrons. The molecule has 28 heavy (non-hydrogen) atoms. The van der Waals surface area contributed by atoms with Gasteiger partial charge in [-0.25, -0.2) is 0 Å². The Kier molecular flexibility index (Phi) is 14.7. The monoisotopic (exact) mass is 391 g/mol. The molecule has 2 amide bonds. The van der Waals surface area contributed by atoms with E-state index in [0.29, 0.717) is 13.1 Å². The van der Waals surface area contributed by atoms with E-state index in [2.05, 4.69) is 11.4 Å². The van der Waals surface area contributed by atoms with Gasteiger partial charge in [0, 0.05) is 38.5 Å². The molecule has 1 saturated carbocycles. The number of carbonyl (C=O) groups excluding carboxylic acids is 2. The van der Waals surface area contributed by atoms with Crippen LogP contribution in [-0.4, -0.2) is 60.4 Å². The molecule has 0 radical (unpaired) electrons. The van der Waals surface area contributed by atoms with Crippen LogP contribution in [0.1, 0.15) is 66.2 Å². The van der Waals surface area contributed by atoms with E-state index in [0.717, 1.165) is 51.6 Å². The molecular formula is C21H37N5O2. The van der Waals surface area contributed by atoms with Gasteiger partial charge in [-0.2, -0.15) is 10.5 Å². The fourth-order valence-corrected chi connectivity index (χ4v) is 3.58. The normalized spacial score (nSPS) is 20.0. The molecule has 2 unspecified atom stereocenters. The molecular weight excluding hydrogens is 354 g/mol. The minimum absolute atomic E-state index is 0.00529. The largest absolute Gasteiger partial charge is 0.342 e. The molecule has 0 spiro atoms. The fraction of sp³-hybridized carbons (Fsp3) is 0.810. The molecule has 1 heterocycles. The summed E-state index contributed by atoms with van der Waals surface area (Å²) >= 11 is 0. The number of nitrogens with zero attached hydrogens (tertiary/aromatic N) is 4. The van der Waals surface area contributed by atoms with Crippen molar-refractivity contribution in [1.82, 2.24) is 15.1 Å². The van der Waals surface area contributed by atoms with Crippen LogP contribution >= 0.6 is 0 Å². The van der Waals surface area contributed by atoms with Crippen LogP contribution in [0.3, 0.4) is 0 Å². The Hall–Kier alpha value is -2.12. The first-order valence-electron chi connectivity index (χ1n) is 10.5. The summed E-state index contributed by atoms with van der Waals surface area (Å²) in [6, 6.07) is 4.07. The van der Waals surface area contributed by atoms with E-state index in [9.17, 15) is 9.59 Å². The van der Waals surface area contributed by atoms with Crippen molar-refractivity contribution < 1.29 is 9.59 Å². The topological polar surface area (TPSA) is 100 Å². The third-order valence-corrected chi connectivity index (χ3v) is 4.85. The van der Waals surface area contributed by atoms with Crippen molar-refractivity contribution in [3.05, 3.63) is 0 Å². The molecule has 7 heteroatoms. The van der Waals surface area contributed by atoms with Crippen molar-refractivity contribution in [2.75, 3.05) is 32.7 Å². The Balaban J connectivity index is 0.00000133. The highest BCUT2D eigenvalue weighted by Gasteiger charge is 2.32. The Bertz CT molecular complexity index is 532. The number of amides is 2. The molecule has 2 rings (SSSR count). The summed E-state index contributed by atoms with van der Waals surface area (Å²) in [5, 5.41) is 19.5. The fourth-order valence-electron chi connectivity index (χ4n) is 3.58. The average molecular weight is 392 g/mol. The average Bonchev–Trinajstić information content (AvgIpc) is 3.40. The molecule has 0 aromatic heterocycles. The van der Waals surface area contributed by atoms with Crippen molar-refractivity contribution in [1.29, 1.82) is 10.5 Å². The SMILES string of the molecule is CC.CC#N.CCCN(CC#N)C(=O)C1CCC(NCC(=O)N2CCCC2)C1. The lowest BCUT2D eigenvalue weighted by Crippen LogP contribution is -2.40. The van der Waals surface area contributed by atoms with E-state index in [1.165, 1.54) is 6.92 Å². The van der Waals surface area contributed by atoms with E-state index >= 15 is 0 Å². The molecule has 1 aliphatic heterocycles. The first-order valence-corrected chi connectivity index (χ1v) is 10.5. The number of likely N-dealkylation sites (tertiary alicyclic amines) is 1. The van der Waals surface area contributed by atoms with E-state index in [4.69, 9.17) is 10.5 Å². The van der Waals surface area contributed by atoms with E-state index in [1.807, 2.05) is 25.7 Å². The number of nitriles is 2. The zero-order valence-corrected chi connectivity index (χ0v) is 18.0. The van der Waals surface area contributed by atoms with Gasteiger partial charge < -0.3 is 15.1 Å². The highest BCUT2D eigenvalue weighted by Crippen LogP contribution is 2.27. The van der Waals surface area contributed by atoms with Crippen LogP contribution in [0.2, 0.25) is 0 Å². The van der Waals surface area contributed by atoms with Crippen molar-refractivity contribution in [3.63, 3.8) is 0 Å². The molecule has 2 fully saturated rings. The van der Waals surface area contributed by atoms with Gasteiger partial charge in [0.15, 0.2) is 0 Å². The molecule has 1 N–H and O–H groups in total. The van der Waals surface area contributed by atoms with Crippen LogP contribution in [0, 0.1) is 28.6 Å². The first kappa shape index (κ1) is 25.9. The summed E-state index contributed by atoms with van der Waals surface area (Å²) in [7, 11) is 0. The Morgan fingerprint density at radius 2 is 1.79 bits per heavy atom.